The van der Waals surface area contributed by atoms with E-state index in [1.165, 1.54) is 0 Å². The first-order chi connectivity index (χ1) is 12.2. The van der Waals surface area contributed by atoms with Crippen LogP contribution in [-0.2, 0) is 33.7 Å². The monoisotopic (exact) mass is 344 g/mol. The summed E-state index contributed by atoms with van der Waals surface area (Å²) in [4.78, 5) is 14.9. The van der Waals surface area contributed by atoms with Crippen LogP contribution in [0.1, 0.15) is 23.3 Å². The molecule has 1 aromatic carbocycles. The Morgan fingerprint density at radius 2 is 1.88 bits per heavy atom. The molecule has 1 amide bonds. The Labute approximate surface area is 147 Å². The van der Waals surface area contributed by atoms with Crippen LogP contribution in [0.2, 0.25) is 0 Å². The molecule has 0 radical (unpaired) electrons. The molecule has 0 saturated carbocycles. The van der Waals surface area contributed by atoms with Gasteiger partial charge in [-0.05, 0) is 5.56 Å². The van der Waals surface area contributed by atoms with Gasteiger partial charge < -0.3 is 18.9 Å². The molecule has 2 aromatic rings. The molecule has 0 fully saturated rings. The highest BCUT2D eigenvalue weighted by molar-refractivity contribution is 5.82. The molecule has 0 N–H and O–H groups in total. The third kappa shape index (κ3) is 3.88. The average molecular weight is 344 g/mol. The van der Waals surface area contributed by atoms with Crippen molar-refractivity contribution in [1.29, 1.82) is 0 Å². The lowest BCUT2D eigenvalue weighted by atomic mass is 10.0. The zero-order valence-corrected chi connectivity index (χ0v) is 14.7. The van der Waals surface area contributed by atoms with Crippen molar-refractivity contribution in [2.75, 3.05) is 34.0 Å². The fourth-order valence-corrected chi connectivity index (χ4v) is 3.17. The van der Waals surface area contributed by atoms with Crippen molar-refractivity contribution < 1.29 is 14.3 Å². The summed E-state index contributed by atoms with van der Waals surface area (Å²) in [6, 6.07) is 9.71. The quantitative estimate of drug-likeness (QED) is 0.721. The van der Waals surface area contributed by atoms with E-state index in [0.29, 0.717) is 39.1 Å². The Kier molecular flexibility index (Phi) is 5.78. The number of benzene rings is 1. The van der Waals surface area contributed by atoms with Crippen molar-refractivity contribution in [1.82, 2.24) is 19.7 Å². The van der Waals surface area contributed by atoms with Gasteiger partial charge >= 0.3 is 0 Å². The number of nitrogens with zero attached hydrogens (tertiary/aromatic N) is 4. The lowest BCUT2D eigenvalue weighted by molar-refractivity contribution is -0.138. The summed E-state index contributed by atoms with van der Waals surface area (Å²) in [6.07, 6.45) is 1.26. The summed E-state index contributed by atoms with van der Waals surface area (Å²) in [6.45, 7) is 2.08. The van der Waals surface area contributed by atoms with E-state index in [9.17, 15) is 4.79 Å². The molecule has 0 unspecified atom stereocenters. The van der Waals surface area contributed by atoms with Gasteiger partial charge in [0.1, 0.15) is 11.9 Å². The number of carbonyl (C=O) groups excluding carboxylic acids is 1. The summed E-state index contributed by atoms with van der Waals surface area (Å²) in [7, 11) is 3.30. The molecule has 7 heteroatoms. The van der Waals surface area contributed by atoms with E-state index in [4.69, 9.17) is 9.47 Å². The Balaban J connectivity index is 1.91. The van der Waals surface area contributed by atoms with Gasteiger partial charge in [0.05, 0.1) is 19.8 Å². The molecule has 2 heterocycles. The minimum atomic E-state index is -0.329. The van der Waals surface area contributed by atoms with Crippen LogP contribution in [-0.4, -0.2) is 59.5 Å². The number of aromatic nitrogens is 3. The van der Waals surface area contributed by atoms with E-state index in [0.717, 1.165) is 17.2 Å². The van der Waals surface area contributed by atoms with Gasteiger partial charge in [0.25, 0.3) is 0 Å². The summed E-state index contributed by atoms with van der Waals surface area (Å²) in [5.74, 6) is 1.71. The van der Waals surface area contributed by atoms with Gasteiger partial charge in [-0.15, -0.1) is 10.2 Å². The number of hydrogen-bond donors (Lipinski definition) is 0. The van der Waals surface area contributed by atoms with Gasteiger partial charge in [-0.25, -0.2) is 0 Å². The van der Waals surface area contributed by atoms with Crippen LogP contribution in [0.25, 0.3) is 0 Å². The van der Waals surface area contributed by atoms with Crippen molar-refractivity contribution in [2.24, 2.45) is 0 Å². The average Bonchev–Trinajstić information content (AvgIpc) is 3.04. The van der Waals surface area contributed by atoms with Gasteiger partial charge in [0.2, 0.25) is 5.91 Å². The summed E-state index contributed by atoms with van der Waals surface area (Å²) >= 11 is 0. The highest BCUT2D eigenvalue weighted by Gasteiger charge is 2.35. The first-order valence-electron chi connectivity index (χ1n) is 8.47. The highest BCUT2D eigenvalue weighted by Crippen LogP contribution is 2.26. The van der Waals surface area contributed by atoms with Gasteiger partial charge in [0.15, 0.2) is 5.82 Å². The second-order valence-corrected chi connectivity index (χ2v) is 6.10. The van der Waals surface area contributed by atoms with Crippen LogP contribution in [0.3, 0.4) is 0 Å². The lowest BCUT2D eigenvalue weighted by Crippen LogP contribution is -2.45. The molecule has 1 aliphatic heterocycles. The summed E-state index contributed by atoms with van der Waals surface area (Å²) in [5, 5.41) is 8.62. The molecule has 7 nitrogen and oxygen atoms in total. The minimum Gasteiger partial charge on any atom is -0.384 e. The molecule has 3 rings (SSSR count). The fraction of sp³-hybridized carbons (Fsp3) is 0.500. The Morgan fingerprint density at radius 3 is 2.60 bits per heavy atom. The molecule has 0 aliphatic carbocycles. The number of methoxy groups -OCH3 is 2. The SMILES string of the molecule is COCCc1nnc2n1[C@H](Cc1ccccc1)C(=O)N(CCOC)C2. The van der Waals surface area contributed by atoms with E-state index in [1.807, 2.05) is 34.9 Å². The second-order valence-electron chi connectivity index (χ2n) is 6.10. The summed E-state index contributed by atoms with van der Waals surface area (Å²) in [5.41, 5.74) is 1.12. The maximum atomic E-state index is 13.1. The third-order valence-corrected chi connectivity index (χ3v) is 4.44. The zero-order chi connectivity index (χ0) is 17.6. The molecule has 1 aromatic heterocycles. The standard InChI is InChI=1S/C18H24N4O3/c1-24-10-8-16-19-20-17-13-21(9-11-25-2)18(23)15(22(16)17)12-14-6-4-3-5-7-14/h3-7,15H,8-13H2,1-2H3/t15-/m1/s1. The molecule has 1 atom stereocenters. The van der Waals surface area contributed by atoms with Crippen molar-refractivity contribution in [3.05, 3.63) is 47.5 Å². The largest absolute Gasteiger partial charge is 0.384 e. The summed E-state index contributed by atoms with van der Waals surface area (Å²) < 4.78 is 12.3. The van der Waals surface area contributed by atoms with Gasteiger partial charge in [0, 0.05) is 33.6 Å². The predicted octanol–water partition coefficient (Wildman–Crippen LogP) is 1.24. The van der Waals surface area contributed by atoms with E-state index in [1.54, 1.807) is 19.1 Å². The predicted molar refractivity (Wildman–Crippen MR) is 92.1 cm³/mol. The second kappa shape index (κ2) is 8.22. The lowest BCUT2D eigenvalue weighted by Gasteiger charge is -2.34. The minimum absolute atomic E-state index is 0.0897. The third-order valence-electron chi connectivity index (χ3n) is 4.44. The van der Waals surface area contributed by atoms with Crippen LogP contribution in [0.5, 0.6) is 0 Å². The van der Waals surface area contributed by atoms with Gasteiger partial charge in [-0.2, -0.15) is 0 Å². The molecule has 0 spiro atoms. The molecule has 134 valence electrons. The van der Waals surface area contributed by atoms with E-state index in [-0.39, 0.29) is 11.9 Å². The number of amides is 1. The molecule has 1 aliphatic rings. The van der Waals surface area contributed by atoms with Crippen LogP contribution in [0.15, 0.2) is 30.3 Å². The van der Waals surface area contributed by atoms with Crippen molar-refractivity contribution in [3.8, 4) is 0 Å². The number of carbonyl (C=O) groups is 1. The number of rotatable bonds is 8. The fourth-order valence-electron chi connectivity index (χ4n) is 3.17. The number of hydrogen-bond acceptors (Lipinski definition) is 5. The van der Waals surface area contributed by atoms with Crippen LogP contribution < -0.4 is 0 Å². The topological polar surface area (TPSA) is 69.5 Å². The smallest absolute Gasteiger partial charge is 0.246 e. The van der Waals surface area contributed by atoms with Crippen molar-refractivity contribution in [3.63, 3.8) is 0 Å². The first-order valence-corrected chi connectivity index (χ1v) is 8.47. The molecular weight excluding hydrogens is 320 g/mol. The van der Waals surface area contributed by atoms with E-state index < -0.39 is 0 Å². The van der Waals surface area contributed by atoms with Gasteiger partial charge in [-0.3, -0.25) is 4.79 Å². The first kappa shape index (κ1) is 17.6. The molecule has 0 bridgehead atoms. The molecule has 25 heavy (non-hydrogen) atoms. The number of fused-ring (bicyclic) bond motifs is 1. The maximum Gasteiger partial charge on any atom is 0.246 e. The normalized spacial score (nSPS) is 17.0. The van der Waals surface area contributed by atoms with Crippen LogP contribution in [0, 0.1) is 0 Å². The molecule has 0 saturated heterocycles. The maximum absolute atomic E-state index is 13.1. The van der Waals surface area contributed by atoms with Crippen molar-refractivity contribution >= 4 is 5.91 Å². The highest BCUT2D eigenvalue weighted by atomic mass is 16.5. The Hall–Kier alpha value is -2.25. The van der Waals surface area contributed by atoms with Crippen LogP contribution in [0.4, 0.5) is 0 Å². The Morgan fingerprint density at radius 1 is 1.12 bits per heavy atom. The van der Waals surface area contributed by atoms with E-state index in [2.05, 4.69) is 10.2 Å². The zero-order valence-electron chi connectivity index (χ0n) is 14.7. The Bertz CT molecular complexity index is 702. The van der Waals surface area contributed by atoms with E-state index >= 15 is 0 Å². The van der Waals surface area contributed by atoms with Crippen molar-refractivity contribution in [2.45, 2.75) is 25.4 Å². The van der Waals surface area contributed by atoms with Gasteiger partial charge in [-0.1, -0.05) is 30.3 Å². The molecular formula is C18H24N4O3. The van der Waals surface area contributed by atoms with Crippen LogP contribution >= 0.6 is 0 Å². The number of ether oxygens (including phenoxy) is 2.